The lowest BCUT2D eigenvalue weighted by Gasteiger charge is -2.00. The van der Waals surface area contributed by atoms with Gasteiger partial charge in [0.05, 0.1) is 17.6 Å². The average Bonchev–Trinajstić information content (AvgIpc) is 3.18. The summed E-state index contributed by atoms with van der Waals surface area (Å²) in [4.78, 5) is 29.3. The number of carbonyl (C=O) groups is 1. The fourth-order valence-electron chi connectivity index (χ4n) is 2.78. The molecule has 0 bridgehead atoms. The Morgan fingerprint density at radius 3 is 2.79 bits per heavy atom. The summed E-state index contributed by atoms with van der Waals surface area (Å²) in [6.07, 6.45) is 1.55. The molecule has 2 aromatic heterocycles. The maximum atomic E-state index is 12.7. The van der Waals surface area contributed by atoms with Crippen LogP contribution < -0.4 is 20.1 Å². The van der Waals surface area contributed by atoms with Crippen LogP contribution in [0.15, 0.2) is 29.1 Å². The van der Waals surface area contributed by atoms with E-state index in [2.05, 4.69) is 10.3 Å². The molecule has 0 aliphatic rings. The Labute approximate surface area is 164 Å². The number of thiazole rings is 1. The van der Waals surface area contributed by atoms with Gasteiger partial charge in [0.25, 0.3) is 5.56 Å². The molecular weight excluding hydrogens is 378 g/mol. The molecule has 0 atom stereocenters. The number of benzene rings is 1. The molecule has 0 amide bonds. The average molecular weight is 397 g/mol. The minimum atomic E-state index is -0.733. The molecule has 3 rings (SSSR count). The molecule has 9 heteroatoms. The van der Waals surface area contributed by atoms with Gasteiger partial charge in [0.2, 0.25) is 5.95 Å². The van der Waals surface area contributed by atoms with Crippen molar-refractivity contribution in [2.24, 2.45) is 7.05 Å². The van der Waals surface area contributed by atoms with Gasteiger partial charge < -0.3 is 14.6 Å². The summed E-state index contributed by atoms with van der Waals surface area (Å²) in [5, 5.41) is 12.4. The number of anilines is 1. The Balaban J connectivity index is 2.11. The number of para-hydroxylation sites is 2. The number of hydrogen-bond donors (Lipinski definition) is 1. The number of esters is 1. The second-order valence-corrected chi connectivity index (χ2v) is 6.83. The number of carbonyl (C=O) groups excluding carboxylic acids is 1. The molecule has 0 saturated carbocycles. The van der Waals surface area contributed by atoms with Crippen LogP contribution in [-0.2, 0) is 23.1 Å². The van der Waals surface area contributed by atoms with Crippen LogP contribution in [-0.4, -0.2) is 26.7 Å². The summed E-state index contributed by atoms with van der Waals surface area (Å²) in [7, 11) is 1.87. The van der Waals surface area contributed by atoms with Gasteiger partial charge in [-0.15, -0.1) is 11.3 Å². The SMILES string of the molecule is CCOC(=O)/C(C#N)=c1/s/c(=C/Nc2nc3ccccc3n2C)c(=O)n1CC. The minimum Gasteiger partial charge on any atom is -0.462 e. The Hall–Kier alpha value is -3.38. The number of rotatable bonds is 5. The zero-order valence-electron chi connectivity index (χ0n) is 15.7. The van der Waals surface area contributed by atoms with E-state index in [1.54, 1.807) is 20.0 Å². The van der Waals surface area contributed by atoms with E-state index in [4.69, 9.17) is 4.74 Å². The van der Waals surface area contributed by atoms with Crippen molar-refractivity contribution in [2.75, 3.05) is 11.9 Å². The number of ether oxygens (including phenoxy) is 1. The standard InChI is InChI=1S/C19H19N5O3S/c1-4-24-16(25)15(28-17(24)12(10-20)18(26)27-5-2)11-21-19-22-13-8-6-7-9-14(13)23(19)3/h6-9,11H,4-5H2,1-3H3,(H,21,22)/b15-11+,17-12+. The van der Waals surface area contributed by atoms with E-state index in [-0.39, 0.29) is 22.4 Å². The summed E-state index contributed by atoms with van der Waals surface area (Å²) in [5.74, 6) is -0.156. The highest BCUT2D eigenvalue weighted by Crippen LogP contribution is 2.17. The van der Waals surface area contributed by atoms with E-state index in [1.807, 2.05) is 41.9 Å². The molecule has 0 radical (unpaired) electrons. The number of nitrogens with one attached hydrogen (secondary N) is 1. The van der Waals surface area contributed by atoms with Crippen molar-refractivity contribution < 1.29 is 9.53 Å². The van der Waals surface area contributed by atoms with Crippen LogP contribution in [0.4, 0.5) is 5.95 Å². The number of nitrogens with zero attached hydrogens (tertiary/aromatic N) is 4. The summed E-state index contributed by atoms with van der Waals surface area (Å²) in [5.41, 5.74) is 1.33. The smallest absolute Gasteiger partial charge is 0.351 e. The molecule has 0 aliphatic carbocycles. The van der Waals surface area contributed by atoms with Crippen LogP contribution in [0.3, 0.4) is 0 Å². The first-order valence-corrected chi connectivity index (χ1v) is 9.52. The zero-order chi connectivity index (χ0) is 20.3. The number of hydrogen-bond acceptors (Lipinski definition) is 7. The predicted molar refractivity (Wildman–Crippen MR) is 108 cm³/mol. The van der Waals surface area contributed by atoms with Gasteiger partial charge in [-0.1, -0.05) is 12.1 Å². The van der Waals surface area contributed by atoms with Crippen molar-refractivity contribution in [3.63, 3.8) is 0 Å². The molecule has 0 spiro atoms. The van der Waals surface area contributed by atoms with Crippen molar-refractivity contribution in [3.8, 4) is 6.07 Å². The molecule has 8 nitrogen and oxygen atoms in total. The van der Waals surface area contributed by atoms with Crippen LogP contribution in [0, 0.1) is 11.3 Å². The van der Waals surface area contributed by atoms with Crippen LogP contribution in [0.25, 0.3) is 22.8 Å². The molecule has 2 heterocycles. The van der Waals surface area contributed by atoms with Gasteiger partial charge in [0.1, 0.15) is 15.3 Å². The van der Waals surface area contributed by atoms with Gasteiger partial charge >= 0.3 is 5.97 Å². The highest BCUT2D eigenvalue weighted by atomic mass is 32.1. The predicted octanol–water partition coefficient (Wildman–Crippen LogP) is 0.904. The summed E-state index contributed by atoms with van der Waals surface area (Å²) < 4.78 is 8.85. The first-order chi connectivity index (χ1) is 13.5. The lowest BCUT2D eigenvalue weighted by molar-refractivity contribution is -0.136. The number of aromatic nitrogens is 3. The van der Waals surface area contributed by atoms with E-state index < -0.39 is 5.97 Å². The largest absolute Gasteiger partial charge is 0.462 e. The van der Waals surface area contributed by atoms with Crippen LogP contribution in [0.1, 0.15) is 13.8 Å². The molecular formula is C19H19N5O3S. The maximum Gasteiger partial charge on any atom is 0.351 e. The minimum absolute atomic E-state index is 0.152. The Bertz CT molecular complexity index is 1260. The van der Waals surface area contributed by atoms with E-state index in [0.29, 0.717) is 17.0 Å². The first-order valence-electron chi connectivity index (χ1n) is 8.71. The zero-order valence-corrected chi connectivity index (χ0v) is 16.5. The van der Waals surface area contributed by atoms with Gasteiger partial charge in [0.15, 0.2) is 5.57 Å². The second-order valence-electron chi connectivity index (χ2n) is 5.80. The van der Waals surface area contributed by atoms with Crippen molar-refractivity contribution in [1.82, 2.24) is 14.1 Å². The van der Waals surface area contributed by atoms with Gasteiger partial charge in [-0.25, -0.2) is 9.78 Å². The van der Waals surface area contributed by atoms with Crippen molar-refractivity contribution >= 4 is 46.1 Å². The fourth-order valence-corrected chi connectivity index (χ4v) is 3.86. The third kappa shape index (κ3) is 3.42. The molecule has 3 aromatic rings. The summed E-state index contributed by atoms with van der Waals surface area (Å²) >= 11 is 1.06. The van der Waals surface area contributed by atoms with Gasteiger partial charge in [-0.05, 0) is 26.0 Å². The van der Waals surface area contributed by atoms with Crippen LogP contribution in [0.5, 0.6) is 0 Å². The van der Waals surface area contributed by atoms with Crippen molar-refractivity contribution in [2.45, 2.75) is 20.4 Å². The van der Waals surface area contributed by atoms with Crippen molar-refractivity contribution in [3.05, 3.63) is 43.8 Å². The van der Waals surface area contributed by atoms with Crippen molar-refractivity contribution in [1.29, 1.82) is 5.26 Å². The third-order valence-electron chi connectivity index (χ3n) is 4.15. The normalized spacial score (nSPS) is 12.7. The topological polar surface area (TPSA) is 102 Å². The van der Waals surface area contributed by atoms with E-state index in [1.165, 1.54) is 4.57 Å². The van der Waals surface area contributed by atoms with Crippen LogP contribution in [0.2, 0.25) is 0 Å². The number of nitriles is 1. The second kappa shape index (κ2) is 8.10. The van der Waals surface area contributed by atoms with Gasteiger partial charge in [-0.3, -0.25) is 9.36 Å². The van der Waals surface area contributed by atoms with E-state index in [0.717, 1.165) is 22.4 Å². The number of fused-ring (bicyclic) bond motifs is 1. The highest BCUT2D eigenvalue weighted by molar-refractivity contribution is 7.07. The fraction of sp³-hybridized carbons (Fsp3) is 0.263. The summed E-state index contributed by atoms with van der Waals surface area (Å²) in [6.45, 7) is 3.92. The maximum absolute atomic E-state index is 12.7. The van der Waals surface area contributed by atoms with E-state index >= 15 is 0 Å². The molecule has 0 saturated heterocycles. The van der Waals surface area contributed by atoms with Gasteiger partial charge in [-0.2, -0.15) is 5.26 Å². The first kappa shape index (κ1) is 19.4. The lowest BCUT2D eigenvalue weighted by Crippen LogP contribution is -2.32. The molecule has 0 unspecified atom stereocenters. The molecule has 1 N–H and O–H groups in total. The molecule has 1 aromatic carbocycles. The Morgan fingerprint density at radius 2 is 2.14 bits per heavy atom. The highest BCUT2D eigenvalue weighted by Gasteiger charge is 2.16. The molecule has 144 valence electrons. The number of aryl methyl sites for hydroxylation is 1. The van der Waals surface area contributed by atoms with Gasteiger partial charge in [0, 0.05) is 19.8 Å². The monoisotopic (exact) mass is 397 g/mol. The molecule has 28 heavy (non-hydrogen) atoms. The lowest BCUT2D eigenvalue weighted by atomic mass is 10.3. The van der Waals surface area contributed by atoms with Crippen LogP contribution >= 0.6 is 11.3 Å². The number of imidazole rings is 1. The summed E-state index contributed by atoms with van der Waals surface area (Å²) in [6, 6.07) is 9.55. The molecule has 0 aliphatic heterocycles. The third-order valence-corrected chi connectivity index (χ3v) is 5.28. The quantitative estimate of drug-likeness (QED) is 0.642. The van der Waals surface area contributed by atoms with E-state index in [9.17, 15) is 14.9 Å². The molecule has 0 fully saturated rings. The Kier molecular flexibility index (Phi) is 5.61. The Morgan fingerprint density at radius 1 is 1.39 bits per heavy atom.